The quantitative estimate of drug-likeness (QED) is 0.739. The molecule has 136 valence electrons. The molecule has 3 aromatic rings. The molecular weight excluding hydrogens is 341 g/mol. The Morgan fingerprint density at radius 2 is 1.73 bits per heavy atom. The minimum atomic E-state index is -4.33. The average Bonchev–Trinajstić information content (AvgIpc) is 2.96. The zero-order valence-corrected chi connectivity index (χ0v) is 14.3. The Bertz CT molecular complexity index is 883. The average molecular weight is 360 g/mol. The standard InChI is InChI=1S/C20H19F3N2O/c1-25-17(10-11-26)13-19(24-25)18-5-3-2-4-15(18)12-14-6-8-16(9-7-14)20(21,22)23/h2-9,13,26H,10-12H2,1H3. The molecule has 0 amide bonds. The van der Waals surface area contributed by atoms with Crippen molar-refractivity contribution in [2.75, 3.05) is 6.61 Å². The predicted molar refractivity (Wildman–Crippen MR) is 93.7 cm³/mol. The van der Waals surface area contributed by atoms with Crippen LogP contribution in [-0.4, -0.2) is 21.5 Å². The fraction of sp³-hybridized carbons (Fsp3) is 0.250. The zero-order valence-electron chi connectivity index (χ0n) is 14.3. The van der Waals surface area contributed by atoms with E-state index in [4.69, 9.17) is 5.11 Å². The van der Waals surface area contributed by atoms with Crippen molar-refractivity contribution in [2.45, 2.75) is 19.0 Å². The topological polar surface area (TPSA) is 38.0 Å². The number of rotatable bonds is 5. The van der Waals surface area contributed by atoms with Gasteiger partial charge >= 0.3 is 6.18 Å². The number of aromatic nitrogens is 2. The first-order chi connectivity index (χ1) is 12.4. The number of alkyl halides is 3. The summed E-state index contributed by atoms with van der Waals surface area (Å²) in [6.07, 6.45) is -3.29. The predicted octanol–water partition coefficient (Wildman–Crippen LogP) is 4.23. The largest absolute Gasteiger partial charge is 0.416 e. The van der Waals surface area contributed by atoms with Crippen LogP contribution in [0.5, 0.6) is 0 Å². The molecule has 0 saturated carbocycles. The van der Waals surface area contributed by atoms with E-state index in [-0.39, 0.29) is 6.61 Å². The molecule has 3 nitrogen and oxygen atoms in total. The highest BCUT2D eigenvalue weighted by Crippen LogP contribution is 2.30. The van der Waals surface area contributed by atoms with E-state index < -0.39 is 11.7 Å². The van der Waals surface area contributed by atoms with Crippen molar-refractivity contribution < 1.29 is 18.3 Å². The van der Waals surface area contributed by atoms with Gasteiger partial charge < -0.3 is 5.11 Å². The number of nitrogens with zero attached hydrogens (tertiary/aromatic N) is 2. The number of halogens is 3. The van der Waals surface area contributed by atoms with Crippen LogP contribution < -0.4 is 0 Å². The molecule has 0 bridgehead atoms. The molecule has 2 aromatic carbocycles. The summed E-state index contributed by atoms with van der Waals surface area (Å²) in [5.74, 6) is 0. The molecule has 0 fully saturated rings. The highest BCUT2D eigenvalue weighted by Gasteiger charge is 2.29. The van der Waals surface area contributed by atoms with Gasteiger partial charge in [-0.1, -0.05) is 36.4 Å². The van der Waals surface area contributed by atoms with Gasteiger partial charge in [-0.05, 0) is 35.7 Å². The third kappa shape index (κ3) is 3.96. The molecule has 0 aliphatic carbocycles. The maximum Gasteiger partial charge on any atom is 0.416 e. The van der Waals surface area contributed by atoms with Crippen LogP contribution in [0.4, 0.5) is 13.2 Å². The first-order valence-corrected chi connectivity index (χ1v) is 8.26. The molecule has 0 atom stereocenters. The Balaban J connectivity index is 1.89. The van der Waals surface area contributed by atoms with Crippen LogP contribution in [0.1, 0.15) is 22.4 Å². The number of benzene rings is 2. The van der Waals surface area contributed by atoms with E-state index in [0.717, 1.165) is 40.2 Å². The summed E-state index contributed by atoms with van der Waals surface area (Å²) in [6.45, 7) is 0.0478. The third-order valence-electron chi connectivity index (χ3n) is 4.31. The summed E-state index contributed by atoms with van der Waals surface area (Å²) in [6, 6.07) is 14.9. The van der Waals surface area contributed by atoms with E-state index in [1.807, 2.05) is 37.4 Å². The SMILES string of the molecule is Cn1nc(-c2ccccc2Cc2ccc(C(F)(F)F)cc2)cc1CCO. The van der Waals surface area contributed by atoms with Crippen LogP contribution in [0.3, 0.4) is 0 Å². The second-order valence-corrected chi connectivity index (χ2v) is 6.15. The maximum atomic E-state index is 12.7. The Hall–Kier alpha value is -2.60. The van der Waals surface area contributed by atoms with Gasteiger partial charge in [0.25, 0.3) is 0 Å². The van der Waals surface area contributed by atoms with Gasteiger partial charge in [0.1, 0.15) is 0 Å². The molecule has 0 aliphatic heterocycles. The minimum Gasteiger partial charge on any atom is -0.396 e. The first kappa shape index (κ1) is 18.2. The molecule has 3 rings (SSSR count). The van der Waals surface area contributed by atoms with E-state index in [9.17, 15) is 13.2 Å². The third-order valence-corrected chi connectivity index (χ3v) is 4.31. The Kier molecular flexibility index (Phi) is 5.13. The van der Waals surface area contributed by atoms with Crippen molar-refractivity contribution in [3.05, 3.63) is 77.0 Å². The molecule has 6 heteroatoms. The van der Waals surface area contributed by atoms with Crippen LogP contribution in [-0.2, 0) is 26.1 Å². The van der Waals surface area contributed by atoms with E-state index in [1.165, 1.54) is 12.1 Å². The molecular formula is C20H19F3N2O. The lowest BCUT2D eigenvalue weighted by atomic mass is 9.97. The normalized spacial score (nSPS) is 11.7. The van der Waals surface area contributed by atoms with Crippen molar-refractivity contribution in [3.8, 4) is 11.3 Å². The van der Waals surface area contributed by atoms with Gasteiger partial charge in [0.15, 0.2) is 0 Å². The number of aliphatic hydroxyl groups is 1. The lowest BCUT2D eigenvalue weighted by Crippen LogP contribution is -2.04. The lowest BCUT2D eigenvalue weighted by molar-refractivity contribution is -0.137. The molecule has 0 saturated heterocycles. The van der Waals surface area contributed by atoms with Gasteiger partial charge in [-0.15, -0.1) is 0 Å². The summed E-state index contributed by atoms with van der Waals surface area (Å²) in [4.78, 5) is 0. The fourth-order valence-electron chi connectivity index (χ4n) is 2.94. The van der Waals surface area contributed by atoms with Crippen molar-refractivity contribution in [3.63, 3.8) is 0 Å². The van der Waals surface area contributed by atoms with Gasteiger partial charge in [-0.3, -0.25) is 4.68 Å². The monoisotopic (exact) mass is 360 g/mol. The highest BCUT2D eigenvalue weighted by atomic mass is 19.4. The van der Waals surface area contributed by atoms with Crippen molar-refractivity contribution in [2.24, 2.45) is 7.05 Å². The lowest BCUT2D eigenvalue weighted by Gasteiger charge is -2.10. The van der Waals surface area contributed by atoms with Crippen molar-refractivity contribution in [1.29, 1.82) is 0 Å². The summed E-state index contributed by atoms with van der Waals surface area (Å²) < 4.78 is 39.9. The zero-order chi connectivity index (χ0) is 18.7. The van der Waals surface area contributed by atoms with Crippen LogP contribution in [0, 0.1) is 0 Å². The van der Waals surface area contributed by atoms with Gasteiger partial charge in [0.2, 0.25) is 0 Å². The molecule has 26 heavy (non-hydrogen) atoms. The fourth-order valence-corrected chi connectivity index (χ4v) is 2.94. The molecule has 1 heterocycles. The Morgan fingerprint density at radius 3 is 2.38 bits per heavy atom. The van der Waals surface area contributed by atoms with E-state index in [2.05, 4.69) is 5.10 Å². The number of aryl methyl sites for hydroxylation is 1. The minimum absolute atomic E-state index is 0.0478. The molecule has 0 aliphatic rings. The van der Waals surface area contributed by atoms with E-state index in [0.29, 0.717) is 12.8 Å². The Labute approximate surface area is 149 Å². The summed E-state index contributed by atoms with van der Waals surface area (Å²) in [5.41, 5.74) is 3.79. The van der Waals surface area contributed by atoms with Crippen LogP contribution >= 0.6 is 0 Å². The van der Waals surface area contributed by atoms with Gasteiger partial charge in [0.05, 0.1) is 11.3 Å². The number of aliphatic hydroxyl groups excluding tert-OH is 1. The van der Waals surface area contributed by atoms with E-state index >= 15 is 0 Å². The second kappa shape index (κ2) is 7.33. The van der Waals surface area contributed by atoms with Crippen molar-refractivity contribution in [1.82, 2.24) is 9.78 Å². The summed E-state index contributed by atoms with van der Waals surface area (Å²) in [7, 11) is 1.83. The first-order valence-electron chi connectivity index (χ1n) is 8.26. The molecule has 0 radical (unpaired) electrons. The molecule has 1 aromatic heterocycles. The summed E-state index contributed by atoms with van der Waals surface area (Å²) >= 11 is 0. The molecule has 1 N–H and O–H groups in total. The highest BCUT2D eigenvalue weighted by molar-refractivity contribution is 5.64. The number of hydrogen-bond acceptors (Lipinski definition) is 2. The molecule has 0 unspecified atom stereocenters. The van der Waals surface area contributed by atoms with Crippen LogP contribution in [0.15, 0.2) is 54.6 Å². The van der Waals surface area contributed by atoms with Crippen LogP contribution in [0.2, 0.25) is 0 Å². The maximum absolute atomic E-state index is 12.7. The van der Waals surface area contributed by atoms with Crippen molar-refractivity contribution >= 4 is 0 Å². The summed E-state index contributed by atoms with van der Waals surface area (Å²) in [5, 5.41) is 13.6. The molecule has 0 spiro atoms. The van der Waals surface area contributed by atoms with Gasteiger partial charge in [0, 0.05) is 31.3 Å². The van der Waals surface area contributed by atoms with Gasteiger partial charge in [-0.2, -0.15) is 18.3 Å². The van der Waals surface area contributed by atoms with Crippen LogP contribution in [0.25, 0.3) is 11.3 Å². The van der Waals surface area contributed by atoms with Gasteiger partial charge in [-0.25, -0.2) is 0 Å². The smallest absolute Gasteiger partial charge is 0.396 e. The Morgan fingerprint density at radius 1 is 1.04 bits per heavy atom. The second-order valence-electron chi connectivity index (χ2n) is 6.15. The van der Waals surface area contributed by atoms with E-state index in [1.54, 1.807) is 4.68 Å². The number of hydrogen-bond donors (Lipinski definition) is 1.